The number of fused-ring (bicyclic) bond motifs is 3. The van der Waals surface area contributed by atoms with Crippen molar-refractivity contribution in [2.75, 3.05) is 5.32 Å². The van der Waals surface area contributed by atoms with Crippen molar-refractivity contribution < 1.29 is 9.90 Å². The molecule has 1 amide bonds. The number of amides is 1. The average Bonchev–Trinajstić information content (AvgIpc) is 2.70. The molecule has 0 aliphatic heterocycles. The Labute approximate surface area is 164 Å². The number of aromatic nitrogens is 2. The SMILES string of the molecule is CCCc1nc2c(nc1NC(=O)Cc1ccc(O)cc1)CCc1ccccc1-2. The third-order valence-electron chi connectivity index (χ3n) is 4.99. The number of carbonyl (C=O) groups excluding carboxylic acids is 1. The van der Waals surface area contributed by atoms with Crippen LogP contribution >= 0.6 is 0 Å². The van der Waals surface area contributed by atoms with Gasteiger partial charge in [0.1, 0.15) is 5.75 Å². The molecular formula is C23H23N3O2. The minimum absolute atomic E-state index is 0.131. The maximum atomic E-state index is 12.5. The molecule has 0 atom stereocenters. The number of phenolic OH excluding ortho intramolecular Hbond substituents is 1. The predicted octanol–water partition coefficient (Wildman–Crippen LogP) is 4.08. The van der Waals surface area contributed by atoms with E-state index in [2.05, 4.69) is 30.4 Å². The van der Waals surface area contributed by atoms with Gasteiger partial charge in [0.2, 0.25) is 5.91 Å². The Morgan fingerprint density at radius 2 is 1.86 bits per heavy atom. The van der Waals surface area contributed by atoms with Crippen molar-refractivity contribution in [3.05, 3.63) is 71.0 Å². The normalized spacial score (nSPS) is 12.2. The molecule has 4 rings (SSSR count). The van der Waals surface area contributed by atoms with E-state index in [0.717, 1.165) is 53.9 Å². The second-order valence-electron chi connectivity index (χ2n) is 7.11. The van der Waals surface area contributed by atoms with E-state index in [-0.39, 0.29) is 18.1 Å². The van der Waals surface area contributed by atoms with Gasteiger partial charge in [0, 0.05) is 5.56 Å². The van der Waals surface area contributed by atoms with E-state index >= 15 is 0 Å². The monoisotopic (exact) mass is 373 g/mol. The van der Waals surface area contributed by atoms with Crippen molar-refractivity contribution in [3.63, 3.8) is 0 Å². The molecule has 0 spiro atoms. The number of rotatable bonds is 5. The molecule has 1 aliphatic rings. The van der Waals surface area contributed by atoms with Crippen LogP contribution < -0.4 is 5.32 Å². The summed E-state index contributed by atoms with van der Waals surface area (Å²) >= 11 is 0. The highest BCUT2D eigenvalue weighted by Gasteiger charge is 2.21. The minimum atomic E-state index is -0.131. The molecule has 5 heteroatoms. The Bertz CT molecular complexity index is 1010. The zero-order valence-electron chi connectivity index (χ0n) is 15.9. The van der Waals surface area contributed by atoms with Crippen LogP contribution in [0.1, 0.15) is 35.9 Å². The van der Waals surface area contributed by atoms with Crippen LogP contribution in [0.4, 0.5) is 5.82 Å². The fraction of sp³-hybridized carbons (Fsp3) is 0.261. The van der Waals surface area contributed by atoms with Gasteiger partial charge < -0.3 is 10.4 Å². The van der Waals surface area contributed by atoms with Gasteiger partial charge in [0.05, 0.1) is 23.5 Å². The third kappa shape index (κ3) is 3.74. The number of benzene rings is 2. The molecule has 1 aromatic heterocycles. The van der Waals surface area contributed by atoms with Crippen molar-refractivity contribution in [3.8, 4) is 17.0 Å². The lowest BCUT2D eigenvalue weighted by Gasteiger charge is -2.20. The van der Waals surface area contributed by atoms with Gasteiger partial charge in [-0.05, 0) is 42.5 Å². The first-order chi connectivity index (χ1) is 13.6. The molecule has 3 aromatic rings. The summed E-state index contributed by atoms with van der Waals surface area (Å²) in [5.41, 5.74) is 6.01. The van der Waals surface area contributed by atoms with Crippen molar-refractivity contribution in [2.45, 2.75) is 39.0 Å². The topological polar surface area (TPSA) is 75.1 Å². The van der Waals surface area contributed by atoms with Crippen LogP contribution in [0, 0.1) is 0 Å². The molecule has 1 aliphatic carbocycles. The number of aromatic hydroxyl groups is 1. The van der Waals surface area contributed by atoms with Gasteiger partial charge in [-0.25, -0.2) is 9.97 Å². The van der Waals surface area contributed by atoms with E-state index in [0.29, 0.717) is 5.82 Å². The number of anilines is 1. The second kappa shape index (κ2) is 7.80. The molecular weight excluding hydrogens is 350 g/mol. The molecule has 0 unspecified atom stereocenters. The number of nitrogens with zero attached hydrogens (tertiary/aromatic N) is 2. The minimum Gasteiger partial charge on any atom is -0.508 e. The Kier molecular flexibility index (Phi) is 5.06. The lowest BCUT2D eigenvalue weighted by atomic mass is 9.91. The summed E-state index contributed by atoms with van der Waals surface area (Å²) in [6.07, 6.45) is 3.68. The Hall–Kier alpha value is -3.21. The van der Waals surface area contributed by atoms with E-state index < -0.39 is 0 Å². The number of hydrogen-bond acceptors (Lipinski definition) is 4. The lowest BCUT2D eigenvalue weighted by molar-refractivity contribution is -0.115. The van der Waals surface area contributed by atoms with E-state index in [4.69, 9.17) is 9.97 Å². The maximum Gasteiger partial charge on any atom is 0.229 e. The summed E-state index contributed by atoms with van der Waals surface area (Å²) in [5, 5.41) is 12.3. The molecule has 0 saturated heterocycles. The molecule has 2 N–H and O–H groups in total. The summed E-state index contributed by atoms with van der Waals surface area (Å²) in [5.74, 6) is 0.632. The fourth-order valence-corrected chi connectivity index (χ4v) is 3.60. The predicted molar refractivity (Wildman–Crippen MR) is 109 cm³/mol. The van der Waals surface area contributed by atoms with E-state index in [1.54, 1.807) is 24.3 Å². The van der Waals surface area contributed by atoms with Gasteiger partial charge in [-0.15, -0.1) is 0 Å². The maximum absolute atomic E-state index is 12.5. The standard InChI is InChI=1S/C23H23N3O2/c1-2-5-20-23(26-21(28)14-15-8-11-17(27)12-9-15)25-19-13-10-16-6-3-4-7-18(16)22(19)24-20/h3-4,6-9,11-12,27H,2,5,10,13-14H2,1H3,(H,25,26,28). The van der Waals surface area contributed by atoms with Gasteiger partial charge in [-0.3, -0.25) is 4.79 Å². The van der Waals surface area contributed by atoms with Crippen LogP contribution in [-0.4, -0.2) is 21.0 Å². The zero-order valence-corrected chi connectivity index (χ0v) is 15.9. The van der Waals surface area contributed by atoms with Crippen molar-refractivity contribution in [2.24, 2.45) is 0 Å². The summed E-state index contributed by atoms with van der Waals surface area (Å²) in [4.78, 5) is 22.2. The first-order valence-corrected chi connectivity index (χ1v) is 9.70. The first kappa shape index (κ1) is 18.2. The zero-order chi connectivity index (χ0) is 19.5. The van der Waals surface area contributed by atoms with E-state index in [1.165, 1.54) is 5.56 Å². The molecule has 1 heterocycles. The summed E-state index contributed by atoms with van der Waals surface area (Å²) < 4.78 is 0. The van der Waals surface area contributed by atoms with Crippen LogP contribution in [0.2, 0.25) is 0 Å². The van der Waals surface area contributed by atoms with E-state index in [1.807, 2.05) is 6.07 Å². The first-order valence-electron chi connectivity index (χ1n) is 9.70. The van der Waals surface area contributed by atoms with Gasteiger partial charge in [-0.1, -0.05) is 49.7 Å². The average molecular weight is 373 g/mol. The highest BCUT2D eigenvalue weighted by Crippen LogP contribution is 2.32. The number of aryl methyl sites for hydroxylation is 3. The summed E-state index contributed by atoms with van der Waals surface area (Å²) in [7, 11) is 0. The molecule has 0 radical (unpaired) electrons. The van der Waals surface area contributed by atoms with Gasteiger partial charge >= 0.3 is 0 Å². The van der Waals surface area contributed by atoms with Crippen LogP contribution in [0.25, 0.3) is 11.3 Å². The number of phenols is 1. The summed E-state index contributed by atoms with van der Waals surface area (Å²) in [6.45, 7) is 2.09. The molecule has 28 heavy (non-hydrogen) atoms. The highest BCUT2D eigenvalue weighted by atomic mass is 16.3. The Balaban J connectivity index is 1.62. The van der Waals surface area contributed by atoms with Crippen LogP contribution in [0.3, 0.4) is 0 Å². The van der Waals surface area contributed by atoms with E-state index in [9.17, 15) is 9.90 Å². The Morgan fingerprint density at radius 1 is 1.07 bits per heavy atom. The van der Waals surface area contributed by atoms with Gasteiger partial charge in [0.25, 0.3) is 0 Å². The second-order valence-corrected chi connectivity index (χ2v) is 7.11. The van der Waals surface area contributed by atoms with Crippen LogP contribution in [0.15, 0.2) is 48.5 Å². The van der Waals surface area contributed by atoms with Crippen molar-refractivity contribution in [1.29, 1.82) is 0 Å². The number of carbonyl (C=O) groups is 1. The molecule has 2 aromatic carbocycles. The lowest BCUT2D eigenvalue weighted by Crippen LogP contribution is -2.19. The Morgan fingerprint density at radius 3 is 2.64 bits per heavy atom. The molecule has 0 bridgehead atoms. The largest absolute Gasteiger partial charge is 0.508 e. The molecule has 142 valence electrons. The number of nitrogens with one attached hydrogen (secondary N) is 1. The smallest absolute Gasteiger partial charge is 0.229 e. The molecule has 5 nitrogen and oxygen atoms in total. The van der Waals surface area contributed by atoms with Crippen LogP contribution in [0.5, 0.6) is 5.75 Å². The quantitative estimate of drug-likeness (QED) is 0.707. The summed E-state index contributed by atoms with van der Waals surface area (Å²) in [6, 6.07) is 15.0. The third-order valence-corrected chi connectivity index (χ3v) is 4.99. The number of hydrogen-bond donors (Lipinski definition) is 2. The fourth-order valence-electron chi connectivity index (χ4n) is 3.60. The van der Waals surface area contributed by atoms with Crippen molar-refractivity contribution in [1.82, 2.24) is 9.97 Å². The molecule has 0 saturated carbocycles. The van der Waals surface area contributed by atoms with Crippen molar-refractivity contribution >= 4 is 11.7 Å². The van der Waals surface area contributed by atoms with Gasteiger partial charge in [-0.2, -0.15) is 0 Å². The van der Waals surface area contributed by atoms with Gasteiger partial charge in [0.15, 0.2) is 5.82 Å². The highest BCUT2D eigenvalue weighted by molar-refractivity contribution is 5.92. The van der Waals surface area contributed by atoms with Crippen LogP contribution in [-0.2, 0) is 30.5 Å². The molecule has 0 fully saturated rings.